The summed E-state index contributed by atoms with van der Waals surface area (Å²) in [6.45, 7) is 8.14. The number of nitrogens with one attached hydrogen (secondary N) is 2. The summed E-state index contributed by atoms with van der Waals surface area (Å²) in [7, 11) is 1.90. The summed E-state index contributed by atoms with van der Waals surface area (Å²) in [6, 6.07) is 14.1. The number of halogens is 1. The number of aromatic nitrogens is 3. The third-order valence-electron chi connectivity index (χ3n) is 8.58. The van der Waals surface area contributed by atoms with E-state index in [4.69, 9.17) is 5.73 Å². The van der Waals surface area contributed by atoms with Gasteiger partial charge in [0.1, 0.15) is 11.5 Å². The average Bonchev–Trinajstić information content (AvgIpc) is 3.39. The zero-order valence-electron chi connectivity index (χ0n) is 26.1. The van der Waals surface area contributed by atoms with Gasteiger partial charge in [0.05, 0.1) is 23.2 Å². The van der Waals surface area contributed by atoms with Crippen molar-refractivity contribution >= 4 is 23.5 Å². The molecule has 6 rings (SSSR count). The minimum Gasteiger partial charge on any atom is -0.368 e. The zero-order chi connectivity index (χ0) is 32.2. The van der Waals surface area contributed by atoms with Crippen molar-refractivity contribution < 1.29 is 14.0 Å². The normalized spacial score (nSPS) is 15.1. The molecule has 0 atom stereocenters. The summed E-state index contributed by atoms with van der Waals surface area (Å²) in [6.07, 6.45) is 2.40. The van der Waals surface area contributed by atoms with E-state index in [-0.39, 0.29) is 30.0 Å². The smallest absolute Gasteiger partial charge is 0.253 e. The van der Waals surface area contributed by atoms with Crippen LogP contribution in [0.25, 0.3) is 11.4 Å². The van der Waals surface area contributed by atoms with Crippen LogP contribution in [0.2, 0.25) is 0 Å². The Morgan fingerprint density at radius 3 is 2.65 bits per heavy atom. The Hall–Kier alpha value is -5.05. The van der Waals surface area contributed by atoms with Crippen LogP contribution in [-0.2, 0) is 31.2 Å². The number of hydrogen-bond acceptors (Lipinski definition) is 7. The predicted molar refractivity (Wildman–Crippen MR) is 175 cm³/mol. The highest BCUT2D eigenvalue weighted by molar-refractivity contribution is 5.98. The molecule has 1 fully saturated rings. The van der Waals surface area contributed by atoms with Crippen LogP contribution >= 0.6 is 0 Å². The Morgan fingerprint density at radius 2 is 1.89 bits per heavy atom. The fourth-order valence-corrected chi connectivity index (χ4v) is 5.99. The largest absolute Gasteiger partial charge is 0.368 e. The van der Waals surface area contributed by atoms with Gasteiger partial charge in [-0.3, -0.25) is 14.5 Å². The van der Waals surface area contributed by atoms with Crippen LogP contribution in [0.5, 0.6) is 0 Å². The van der Waals surface area contributed by atoms with Gasteiger partial charge >= 0.3 is 0 Å². The second-order valence-corrected chi connectivity index (χ2v) is 11.6. The van der Waals surface area contributed by atoms with Gasteiger partial charge in [0.25, 0.3) is 5.91 Å². The molecule has 0 bridgehead atoms. The lowest BCUT2D eigenvalue weighted by Gasteiger charge is -2.34. The van der Waals surface area contributed by atoms with E-state index >= 15 is 0 Å². The number of benzene rings is 2. The van der Waals surface area contributed by atoms with Crippen LogP contribution in [0, 0.1) is 17.7 Å². The van der Waals surface area contributed by atoms with Gasteiger partial charge < -0.3 is 25.8 Å². The summed E-state index contributed by atoms with van der Waals surface area (Å²) in [5, 5.41) is 5.69. The number of piperazine rings is 1. The maximum absolute atomic E-state index is 14.9. The maximum Gasteiger partial charge on any atom is 0.253 e. The highest BCUT2D eigenvalue weighted by atomic mass is 19.1. The number of hydrogen-bond donors (Lipinski definition) is 3. The molecule has 0 unspecified atom stereocenters. The molecule has 2 aliphatic rings. The van der Waals surface area contributed by atoms with Gasteiger partial charge in [0, 0.05) is 81.4 Å². The molecule has 2 aromatic heterocycles. The molecule has 2 aliphatic heterocycles. The van der Waals surface area contributed by atoms with Crippen molar-refractivity contribution in [1.29, 1.82) is 0 Å². The maximum atomic E-state index is 14.9. The molecule has 0 spiro atoms. The van der Waals surface area contributed by atoms with E-state index in [1.165, 1.54) is 6.07 Å². The molecule has 4 heterocycles. The van der Waals surface area contributed by atoms with Crippen molar-refractivity contribution in [2.24, 2.45) is 7.05 Å². The first-order chi connectivity index (χ1) is 22.3. The SMILES string of the molecule is CCN1CCN(Cc2ccc(NC(=O)Cc3cccc(C#Cc4cnc(N)nc4-c4cc5c(n4C)CCNC5=O)c3)cc2F)CC1. The summed E-state index contributed by atoms with van der Waals surface area (Å²) in [5.74, 6) is 5.72. The van der Waals surface area contributed by atoms with E-state index in [2.05, 4.69) is 49.2 Å². The lowest BCUT2D eigenvalue weighted by Crippen LogP contribution is -2.45. The lowest BCUT2D eigenvalue weighted by atomic mass is 10.1. The minimum absolute atomic E-state index is 0.105. The monoisotopic (exact) mass is 620 g/mol. The number of rotatable bonds is 7. The number of carbonyl (C=O) groups excluding carboxylic acids is 2. The molecule has 1 saturated heterocycles. The first kappa shape index (κ1) is 31.0. The molecule has 0 radical (unpaired) electrons. The van der Waals surface area contributed by atoms with Crippen LogP contribution in [0.4, 0.5) is 16.0 Å². The summed E-state index contributed by atoms with van der Waals surface area (Å²) in [4.78, 5) is 38.5. The molecule has 10 nitrogen and oxygen atoms in total. The van der Waals surface area contributed by atoms with E-state index < -0.39 is 0 Å². The quantitative estimate of drug-likeness (QED) is 0.272. The van der Waals surface area contributed by atoms with Crippen LogP contribution in [0.3, 0.4) is 0 Å². The van der Waals surface area contributed by atoms with Crippen molar-refractivity contribution in [2.75, 3.05) is 50.3 Å². The number of likely N-dealkylation sites (N-methyl/N-ethyl adjacent to an activating group) is 1. The van der Waals surface area contributed by atoms with Crippen LogP contribution in [0.15, 0.2) is 54.7 Å². The van der Waals surface area contributed by atoms with Crippen molar-refractivity contribution in [2.45, 2.75) is 26.3 Å². The number of nitrogen functional groups attached to an aromatic ring is 1. The van der Waals surface area contributed by atoms with Gasteiger partial charge in [-0.1, -0.05) is 37.0 Å². The van der Waals surface area contributed by atoms with Crippen LogP contribution in [0.1, 0.15) is 45.2 Å². The molecule has 0 saturated carbocycles. The highest BCUT2D eigenvalue weighted by Crippen LogP contribution is 2.28. The van der Waals surface area contributed by atoms with Crippen molar-refractivity contribution in [3.05, 3.63) is 94.1 Å². The molecule has 4 N–H and O–H groups in total. The number of fused-ring (bicyclic) bond motifs is 1. The third kappa shape index (κ3) is 6.93. The van der Waals surface area contributed by atoms with Gasteiger partial charge in [0.2, 0.25) is 11.9 Å². The third-order valence-corrected chi connectivity index (χ3v) is 8.58. The molecule has 2 amide bonds. The van der Waals surface area contributed by atoms with Crippen molar-refractivity contribution in [3.63, 3.8) is 0 Å². The number of nitrogens with two attached hydrogens (primary N) is 1. The minimum atomic E-state index is -0.321. The Bertz CT molecular complexity index is 1850. The molecule has 0 aliphatic carbocycles. The first-order valence-electron chi connectivity index (χ1n) is 15.5. The van der Waals surface area contributed by atoms with E-state index in [1.807, 2.05) is 41.9 Å². The molecule has 2 aromatic carbocycles. The number of carbonyl (C=O) groups is 2. The topological polar surface area (TPSA) is 121 Å². The Labute approximate surface area is 267 Å². The van der Waals surface area contributed by atoms with E-state index in [1.54, 1.807) is 18.3 Å². The molecule has 46 heavy (non-hydrogen) atoms. The van der Waals surface area contributed by atoms with Crippen LogP contribution in [-0.4, -0.2) is 75.4 Å². The number of amides is 2. The second-order valence-electron chi connectivity index (χ2n) is 11.6. The Balaban J connectivity index is 1.12. The Morgan fingerprint density at radius 1 is 1.09 bits per heavy atom. The summed E-state index contributed by atoms with van der Waals surface area (Å²) < 4.78 is 16.9. The van der Waals surface area contributed by atoms with E-state index in [9.17, 15) is 14.0 Å². The molecular formula is C35H37FN8O2. The van der Waals surface area contributed by atoms with Crippen molar-refractivity contribution in [3.8, 4) is 23.2 Å². The zero-order valence-corrected chi connectivity index (χ0v) is 26.1. The average molecular weight is 621 g/mol. The van der Waals surface area contributed by atoms with Gasteiger partial charge in [-0.25, -0.2) is 14.4 Å². The Kier molecular flexibility index (Phi) is 9.10. The number of nitrogens with zero attached hydrogens (tertiary/aromatic N) is 5. The number of anilines is 2. The summed E-state index contributed by atoms with van der Waals surface area (Å²) >= 11 is 0. The van der Waals surface area contributed by atoms with E-state index in [0.29, 0.717) is 46.7 Å². The predicted octanol–water partition coefficient (Wildman–Crippen LogP) is 3.21. The fraction of sp³-hybridized carbons (Fsp3) is 0.314. The highest BCUT2D eigenvalue weighted by Gasteiger charge is 2.24. The van der Waals surface area contributed by atoms with Gasteiger partial charge in [-0.15, -0.1) is 0 Å². The summed E-state index contributed by atoms with van der Waals surface area (Å²) in [5.41, 5.74) is 11.8. The second kappa shape index (κ2) is 13.5. The lowest BCUT2D eigenvalue weighted by molar-refractivity contribution is -0.115. The fourth-order valence-electron chi connectivity index (χ4n) is 5.99. The molecule has 4 aromatic rings. The standard InChI is InChI=1S/C35H37FN8O2/c1-3-43-13-15-44(16-14-43)22-26-9-10-27(19-29(26)36)40-32(45)18-24-6-4-5-23(17-24)7-8-25-21-39-35(37)41-33(25)31-20-28-30(42(31)2)11-12-38-34(28)46/h4-6,9-10,17,19-21H,3,11-16,18,22H2,1-2H3,(H,38,46)(H,40,45)(H2,37,39,41). The molecular weight excluding hydrogens is 583 g/mol. The van der Waals surface area contributed by atoms with Gasteiger partial charge in [-0.05, 0) is 42.4 Å². The molecule has 236 valence electrons. The van der Waals surface area contributed by atoms with Gasteiger partial charge in [0.15, 0.2) is 0 Å². The van der Waals surface area contributed by atoms with Crippen LogP contribution < -0.4 is 16.4 Å². The van der Waals surface area contributed by atoms with Gasteiger partial charge in [-0.2, -0.15) is 0 Å². The van der Waals surface area contributed by atoms with E-state index in [0.717, 1.165) is 56.1 Å². The van der Waals surface area contributed by atoms with Crippen molar-refractivity contribution in [1.82, 2.24) is 29.7 Å². The molecule has 11 heteroatoms. The first-order valence-corrected chi connectivity index (χ1v) is 15.5.